The summed E-state index contributed by atoms with van der Waals surface area (Å²) < 4.78 is 18.4. The third-order valence-electron chi connectivity index (χ3n) is 5.12. The van der Waals surface area contributed by atoms with E-state index >= 15 is 0 Å². The van der Waals surface area contributed by atoms with Crippen LogP contribution in [0.15, 0.2) is 24.3 Å². The molecule has 0 aliphatic heterocycles. The van der Waals surface area contributed by atoms with Crippen LogP contribution in [0.2, 0.25) is 0 Å². The summed E-state index contributed by atoms with van der Waals surface area (Å²) in [6, 6.07) is 5.27. The number of amides is 2. The van der Waals surface area contributed by atoms with Crippen LogP contribution in [0.1, 0.15) is 51.4 Å². The van der Waals surface area contributed by atoms with Gasteiger partial charge in [0, 0.05) is 19.4 Å². The predicted octanol–water partition coefficient (Wildman–Crippen LogP) is 3.11. The van der Waals surface area contributed by atoms with Crippen LogP contribution in [-0.2, 0) is 19.1 Å². The van der Waals surface area contributed by atoms with E-state index in [4.69, 9.17) is 17.6 Å². The summed E-state index contributed by atoms with van der Waals surface area (Å²) in [5.41, 5.74) is 0.153. The number of methoxy groups -OCH3 is 1. The molecule has 2 amide bonds. The van der Waals surface area contributed by atoms with Gasteiger partial charge in [-0.25, -0.2) is 9.18 Å². The fourth-order valence-electron chi connectivity index (χ4n) is 3.34. The number of carbonyl (C=O) groups is 3. The van der Waals surface area contributed by atoms with Gasteiger partial charge in [-0.3, -0.25) is 14.5 Å². The number of rotatable bonds is 16. The number of para-hydroxylation sites is 1. The molecule has 0 radical (unpaired) electrons. The normalized spacial score (nSPS) is 11.2. The van der Waals surface area contributed by atoms with E-state index in [1.807, 2.05) is 4.90 Å². The zero-order valence-electron chi connectivity index (χ0n) is 19.8. The van der Waals surface area contributed by atoms with E-state index < -0.39 is 17.8 Å². The molecule has 0 spiro atoms. The summed E-state index contributed by atoms with van der Waals surface area (Å²) in [6.45, 7) is 1.64. The van der Waals surface area contributed by atoms with E-state index in [9.17, 15) is 18.8 Å². The SMILES string of the molecule is C#CCN(CC#C)CCCC[C@H](NC(=O)CCCCCC(=O)Nc1ccccc1F)C(=O)OC. The van der Waals surface area contributed by atoms with Crippen LogP contribution in [0, 0.1) is 30.5 Å². The van der Waals surface area contributed by atoms with Crippen molar-refractivity contribution in [2.75, 3.05) is 32.1 Å². The van der Waals surface area contributed by atoms with Crippen molar-refractivity contribution in [2.24, 2.45) is 0 Å². The molecule has 0 aliphatic carbocycles. The summed E-state index contributed by atoms with van der Waals surface area (Å²) in [7, 11) is 1.29. The lowest BCUT2D eigenvalue weighted by molar-refractivity contribution is -0.145. The predicted molar refractivity (Wildman–Crippen MR) is 130 cm³/mol. The van der Waals surface area contributed by atoms with Gasteiger partial charge in [0.25, 0.3) is 0 Å². The number of hydrogen-bond donors (Lipinski definition) is 2. The highest BCUT2D eigenvalue weighted by atomic mass is 19.1. The molecule has 0 saturated heterocycles. The van der Waals surface area contributed by atoms with E-state index in [1.54, 1.807) is 12.1 Å². The number of ether oxygens (including phenoxy) is 1. The maximum Gasteiger partial charge on any atom is 0.328 e. The number of benzene rings is 1. The van der Waals surface area contributed by atoms with Crippen molar-refractivity contribution in [2.45, 2.75) is 57.4 Å². The Labute approximate surface area is 201 Å². The molecule has 8 heteroatoms. The Morgan fingerprint density at radius 3 is 2.26 bits per heavy atom. The molecule has 34 heavy (non-hydrogen) atoms. The van der Waals surface area contributed by atoms with Crippen LogP contribution in [0.4, 0.5) is 10.1 Å². The van der Waals surface area contributed by atoms with Gasteiger partial charge in [-0.2, -0.15) is 0 Å². The van der Waals surface area contributed by atoms with Crippen molar-refractivity contribution in [1.82, 2.24) is 10.2 Å². The summed E-state index contributed by atoms with van der Waals surface area (Å²) >= 11 is 0. The quantitative estimate of drug-likeness (QED) is 0.220. The van der Waals surface area contributed by atoms with Crippen molar-refractivity contribution in [3.05, 3.63) is 30.1 Å². The van der Waals surface area contributed by atoms with E-state index in [0.717, 1.165) is 6.42 Å². The van der Waals surface area contributed by atoms with Crippen LogP contribution < -0.4 is 10.6 Å². The Kier molecular flexibility index (Phi) is 14.5. The fourth-order valence-corrected chi connectivity index (χ4v) is 3.34. The minimum Gasteiger partial charge on any atom is -0.467 e. The second kappa shape index (κ2) is 17.2. The number of nitrogens with one attached hydrogen (secondary N) is 2. The first-order valence-electron chi connectivity index (χ1n) is 11.4. The van der Waals surface area contributed by atoms with Gasteiger partial charge in [-0.15, -0.1) is 12.8 Å². The molecule has 1 aromatic carbocycles. The Morgan fingerprint density at radius 1 is 1.00 bits per heavy atom. The van der Waals surface area contributed by atoms with Crippen molar-refractivity contribution in [1.29, 1.82) is 0 Å². The number of esters is 1. The van der Waals surface area contributed by atoms with Gasteiger partial charge in [0.15, 0.2) is 0 Å². The zero-order chi connectivity index (χ0) is 25.2. The summed E-state index contributed by atoms with van der Waals surface area (Å²) in [4.78, 5) is 38.2. The van der Waals surface area contributed by atoms with Crippen molar-refractivity contribution in [3.63, 3.8) is 0 Å². The first-order chi connectivity index (χ1) is 16.4. The van der Waals surface area contributed by atoms with Gasteiger partial charge in [-0.1, -0.05) is 30.4 Å². The third kappa shape index (κ3) is 12.0. The highest BCUT2D eigenvalue weighted by Gasteiger charge is 2.21. The van der Waals surface area contributed by atoms with Gasteiger partial charge in [0.05, 0.1) is 25.9 Å². The number of nitrogens with zero attached hydrogens (tertiary/aromatic N) is 1. The lowest BCUT2D eigenvalue weighted by atomic mass is 10.1. The Balaban J connectivity index is 2.29. The third-order valence-corrected chi connectivity index (χ3v) is 5.12. The van der Waals surface area contributed by atoms with E-state index in [-0.39, 0.29) is 30.3 Å². The molecular weight excluding hydrogens is 437 g/mol. The van der Waals surface area contributed by atoms with Crippen LogP contribution in [0.25, 0.3) is 0 Å². The molecule has 1 atom stereocenters. The largest absolute Gasteiger partial charge is 0.467 e. The first kappa shape index (κ1) is 28.7. The number of hydrogen-bond acceptors (Lipinski definition) is 5. The topological polar surface area (TPSA) is 87.7 Å². The van der Waals surface area contributed by atoms with Crippen molar-refractivity contribution in [3.8, 4) is 24.7 Å². The minimum absolute atomic E-state index is 0.153. The fraction of sp³-hybridized carbons (Fsp3) is 0.500. The average Bonchev–Trinajstić information content (AvgIpc) is 2.82. The first-order valence-corrected chi connectivity index (χ1v) is 11.4. The molecule has 184 valence electrons. The summed E-state index contributed by atoms with van der Waals surface area (Å²) in [5.74, 6) is 3.65. The standard InChI is InChI=1S/C26H34FN3O4/c1-4-18-30(19-5-2)20-12-11-15-23(26(33)34-3)29-25(32)17-8-6-7-16-24(31)28-22-14-10-9-13-21(22)27/h1-2,9-10,13-14,23H,6-8,11-12,15-20H2,3H3,(H,28,31)(H,29,32)/t23-/m0/s1. The highest BCUT2D eigenvalue weighted by Crippen LogP contribution is 2.13. The molecule has 2 N–H and O–H groups in total. The number of carbonyl (C=O) groups excluding carboxylic acids is 3. The minimum atomic E-state index is -0.710. The number of anilines is 1. The Hall–Kier alpha value is -3.36. The van der Waals surface area contributed by atoms with Crippen molar-refractivity contribution >= 4 is 23.5 Å². The van der Waals surface area contributed by atoms with Crippen LogP contribution in [0.5, 0.6) is 0 Å². The number of halogens is 1. The van der Waals surface area contributed by atoms with Gasteiger partial charge in [-0.05, 0) is 44.2 Å². The second-order valence-electron chi connectivity index (χ2n) is 7.85. The molecule has 0 aliphatic rings. The van der Waals surface area contributed by atoms with Crippen molar-refractivity contribution < 1.29 is 23.5 Å². The van der Waals surface area contributed by atoms with E-state index in [2.05, 4.69) is 22.5 Å². The van der Waals surface area contributed by atoms with Gasteiger partial charge < -0.3 is 15.4 Å². The molecular formula is C26H34FN3O4. The van der Waals surface area contributed by atoms with Crippen LogP contribution >= 0.6 is 0 Å². The molecule has 0 unspecified atom stereocenters. The maximum atomic E-state index is 13.6. The van der Waals surface area contributed by atoms with Gasteiger partial charge in [0.1, 0.15) is 11.9 Å². The Morgan fingerprint density at radius 2 is 1.65 bits per heavy atom. The van der Waals surface area contributed by atoms with Crippen LogP contribution in [-0.4, -0.2) is 55.5 Å². The Bertz CT molecular complexity index is 860. The monoisotopic (exact) mass is 471 g/mol. The molecule has 7 nitrogen and oxygen atoms in total. The smallest absolute Gasteiger partial charge is 0.328 e. The lowest BCUT2D eigenvalue weighted by Gasteiger charge is -2.19. The molecule has 1 rings (SSSR count). The average molecular weight is 472 g/mol. The molecule has 0 heterocycles. The molecule has 0 aromatic heterocycles. The molecule has 0 bridgehead atoms. The number of terminal acetylenes is 2. The van der Waals surface area contributed by atoms with Gasteiger partial charge in [0.2, 0.25) is 11.8 Å². The van der Waals surface area contributed by atoms with E-state index in [0.29, 0.717) is 51.7 Å². The highest BCUT2D eigenvalue weighted by molar-refractivity contribution is 5.90. The summed E-state index contributed by atoms with van der Waals surface area (Å²) in [5, 5.41) is 5.27. The molecule has 0 fully saturated rings. The zero-order valence-corrected chi connectivity index (χ0v) is 19.8. The van der Waals surface area contributed by atoms with Crippen LogP contribution in [0.3, 0.4) is 0 Å². The maximum absolute atomic E-state index is 13.6. The summed E-state index contributed by atoms with van der Waals surface area (Å²) in [6.07, 6.45) is 14.9. The molecule has 1 aromatic rings. The second-order valence-corrected chi connectivity index (χ2v) is 7.85. The number of unbranched alkanes of at least 4 members (excludes halogenated alkanes) is 3. The van der Waals surface area contributed by atoms with E-state index in [1.165, 1.54) is 19.2 Å². The lowest BCUT2D eigenvalue weighted by Crippen LogP contribution is -2.41. The van der Waals surface area contributed by atoms with Gasteiger partial charge >= 0.3 is 5.97 Å². The molecule has 0 saturated carbocycles.